The van der Waals surface area contributed by atoms with Crippen LogP contribution in [0, 0.1) is 13.8 Å². The van der Waals surface area contributed by atoms with Gasteiger partial charge in [0.2, 0.25) is 0 Å². The molecule has 3 N–H and O–H groups in total. The maximum atomic E-state index is 11.0. The van der Waals surface area contributed by atoms with Crippen LogP contribution < -0.4 is 10.1 Å². The Labute approximate surface area is 249 Å². The number of phenolic OH excluding ortho intramolecular Hbond substituents is 2. The number of phenols is 2. The normalized spacial score (nSPS) is 17.2. The minimum atomic E-state index is -0.205. The summed E-state index contributed by atoms with van der Waals surface area (Å²) in [6.07, 6.45) is 16.4. The van der Waals surface area contributed by atoms with E-state index < -0.39 is 0 Å². The lowest BCUT2D eigenvalue weighted by molar-refractivity contribution is 0.0557. The van der Waals surface area contributed by atoms with Gasteiger partial charge in [0.05, 0.1) is 0 Å². The van der Waals surface area contributed by atoms with Crippen LogP contribution in [0.15, 0.2) is 59.2 Å². The Morgan fingerprint density at radius 1 is 0.902 bits per heavy atom. The van der Waals surface area contributed by atoms with E-state index in [0.717, 1.165) is 92.3 Å². The van der Waals surface area contributed by atoms with Crippen LogP contribution in [0.5, 0.6) is 17.2 Å². The molecule has 0 aliphatic carbocycles. The second kappa shape index (κ2) is 15.3. The summed E-state index contributed by atoms with van der Waals surface area (Å²) in [6.45, 7) is 16.5. The third kappa shape index (κ3) is 9.81. The van der Waals surface area contributed by atoms with Crippen molar-refractivity contribution in [3.05, 3.63) is 87.0 Å². The highest BCUT2D eigenvalue weighted by Gasteiger charge is 2.34. The molecule has 0 bridgehead atoms. The van der Waals surface area contributed by atoms with Crippen LogP contribution >= 0.6 is 0 Å². The Balaban J connectivity index is 1.55. The van der Waals surface area contributed by atoms with Crippen molar-refractivity contribution in [2.45, 2.75) is 118 Å². The number of fused-ring (bicyclic) bond motifs is 1. The van der Waals surface area contributed by atoms with Crippen LogP contribution in [0.4, 0.5) is 0 Å². The standard InChI is InChI=1S/C37H53NO3/c1-26(2)11-8-12-27(3)13-9-14-28(4)15-10-22-37(7)23-20-33-34(35(40)29(5)30(6)36(33)41-37)25-38-24-21-31-16-18-32(39)19-17-31/h11,13,15-19,38-40H,8-10,12,14,20-25H2,1-7H3. The molecule has 41 heavy (non-hydrogen) atoms. The summed E-state index contributed by atoms with van der Waals surface area (Å²) in [4.78, 5) is 0. The molecule has 3 rings (SSSR count). The lowest BCUT2D eigenvalue weighted by atomic mass is 9.84. The number of allylic oxidation sites excluding steroid dienone is 6. The lowest BCUT2D eigenvalue weighted by Gasteiger charge is -2.38. The number of rotatable bonds is 14. The monoisotopic (exact) mass is 559 g/mol. The van der Waals surface area contributed by atoms with Crippen LogP contribution in [0.1, 0.15) is 107 Å². The molecule has 1 atom stereocenters. The summed E-state index contributed by atoms with van der Waals surface area (Å²) in [5, 5.41) is 24.1. The number of ether oxygens (including phenoxy) is 1. The Morgan fingerprint density at radius 2 is 1.54 bits per heavy atom. The predicted octanol–water partition coefficient (Wildman–Crippen LogP) is 9.33. The van der Waals surface area contributed by atoms with Crippen LogP contribution in [0.25, 0.3) is 0 Å². The van der Waals surface area contributed by atoms with E-state index in [-0.39, 0.29) is 11.4 Å². The van der Waals surface area contributed by atoms with Crippen molar-refractivity contribution in [2.75, 3.05) is 6.54 Å². The number of hydrogen-bond acceptors (Lipinski definition) is 4. The molecule has 4 nitrogen and oxygen atoms in total. The first-order valence-electron chi connectivity index (χ1n) is 15.4. The largest absolute Gasteiger partial charge is 0.508 e. The van der Waals surface area contributed by atoms with E-state index in [4.69, 9.17) is 4.74 Å². The summed E-state index contributed by atoms with van der Waals surface area (Å²) in [6, 6.07) is 7.34. The molecule has 2 aromatic carbocycles. The molecular formula is C37H53NO3. The smallest absolute Gasteiger partial charge is 0.127 e. The van der Waals surface area contributed by atoms with Gasteiger partial charge in [-0.1, -0.05) is 47.1 Å². The van der Waals surface area contributed by atoms with E-state index in [1.165, 1.54) is 22.3 Å². The molecule has 0 amide bonds. The molecule has 0 saturated heterocycles. The van der Waals surface area contributed by atoms with Crippen molar-refractivity contribution >= 4 is 0 Å². The highest BCUT2D eigenvalue weighted by atomic mass is 16.5. The van der Waals surface area contributed by atoms with Gasteiger partial charge in [-0.25, -0.2) is 0 Å². The Bertz CT molecular complexity index is 1250. The van der Waals surface area contributed by atoms with Gasteiger partial charge in [-0.15, -0.1) is 0 Å². The highest BCUT2D eigenvalue weighted by Crippen LogP contribution is 2.44. The molecule has 1 unspecified atom stereocenters. The van der Waals surface area contributed by atoms with Gasteiger partial charge in [-0.3, -0.25) is 0 Å². The fourth-order valence-corrected chi connectivity index (χ4v) is 5.61. The average molecular weight is 560 g/mol. The molecule has 0 fully saturated rings. The summed E-state index contributed by atoms with van der Waals surface area (Å²) in [5.74, 6) is 1.65. The molecule has 4 heteroatoms. The van der Waals surface area contributed by atoms with E-state index in [9.17, 15) is 10.2 Å². The Hall–Kier alpha value is -2.98. The third-order valence-corrected chi connectivity index (χ3v) is 8.55. The van der Waals surface area contributed by atoms with Gasteiger partial charge < -0.3 is 20.3 Å². The lowest BCUT2D eigenvalue weighted by Crippen LogP contribution is -2.37. The first-order valence-corrected chi connectivity index (χ1v) is 15.4. The molecule has 1 aliphatic heterocycles. The van der Waals surface area contributed by atoms with Gasteiger partial charge >= 0.3 is 0 Å². The Morgan fingerprint density at radius 3 is 2.20 bits per heavy atom. The first-order chi connectivity index (χ1) is 19.5. The maximum absolute atomic E-state index is 11.0. The molecular weight excluding hydrogens is 506 g/mol. The van der Waals surface area contributed by atoms with Gasteiger partial charge in [-0.2, -0.15) is 0 Å². The van der Waals surface area contributed by atoms with Crippen LogP contribution in [-0.2, 0) is 19.4 Å². The van der Waals surface area contributed by atoms with E-state index in [1.54, 1.807) is 12.1 Å². The second-order valence-corrected chi connectivity index (χ2v) is 12.5. The van der Waals surface area contributed by atoms with Crippen LogP contribution in [0.3, 0.4) is 0 Å². The van der Waals surface area contributed by atoms with Crippen molar-refractivity contribution in [3.8, 4) is 17.2 Å². The molecule has 0 spiro atoms. The summed E-state index contributed by atoms with van der Waals surface area (Å²) >= 11 is 0. The molecule has 0 radical (unpaired) electrons. The molecule has 0 aromatic heterocycles. The van der Waals surface area contributed by atoms with Crippen molar-refractivity contribution in [3.63, 3.8) is 0 Å². The zero-order valence-corrected chi connectivity index (χ0v) is 26.6. The van der Waals surface area contributed by atoms with Gasteiger partial charge in [-0.05, 0) is 142 Å². The minimum absolute atomic E-state index is 0.205. The SMILES string of the molecule is CC(C)=CCCC(C)=CCCC(C)=CCCC1(C)CCc2c(CNCCc3ccc(O)cc3)c(O)c(C)c(C)c2O1. The summed E-state index contributed by atoms with van der Waals surface area (Å²) < 4.78 is 6.76. The van der Waals surface area contributed by atoms with E-state index in [2.05, 4.69) is 65.1 Å². The number of nitrogens with one attached hydrogen (secondary N) is 1. The van der Waals surface area contributed by atoms with Crippen molar-refractivity contribution in [1.29, 1.82) is 0 Å². The molecule has 0 saturated carbocycles. The first kappa shape index (κ1) is 32.5. The van der Waals surface area contributed by atoms with Crippen LogP contribution in [-0.4, -0.2) is 22.4 Å². The Kier molecular flexibility index (Phi) is 12.1. The average Bonchev–Trinajstić information content (AvgIpc) is 2.92. The van der Waals surface area contributed by atoms with Gasteiger partial charge in [0.25, 0.3) is 0 Å². The highest BCUT2D eigenvalue weighted by molar-refractivity contribution is 5.59. The maximum Gasteiger partial charge on any atom is 0.127 e. The number of benzene rings is 2. The zero-order chi connectivity index (χ0) is 30.0. The van der Waals surface area contributed by atoms with Crippen LogP contribution in [0.2, 0.25) is 0 Å². The van der Waals surface area contributed by atoms with E-state index >= 15 is 0 Å². The third-order valence-electron chi connectivity index (χ3n) is 8.55. The molecule has 2 aromatic rings. The van der Waals surface area contributed by atoms with E-state index in [1.807, 2.05) is 19.1 Å². The van der Waals surface area contributed by atoms with Gasteiger partial charge in [0, 0.05) is 17.7 Å². The molecule has 1 heterocycles. The molecule has 1 aliphatic rings. The van der Waals surface area contributed by atoms with Crippen molar-refractivity contribution < 1.29 is 14.9 Å². The number of aromatic hydroxyl groups is 2. The van der Waals surface area contributed by atoms with Crippen molar-refractivity contribution in [2.24, 2.45) is 0 Å². The van der Waals surface area contributed by atoms with Gasteiger partial charge in [0.1, 0.15) is 22.8 Å². The van der Waals surface area contributed by atoms with Crippen molar-refractivity contribution in [1.82, 2.24) is 5.32 Å². The fraction of sp³-hybridized carbons (Fsp3) is 0.514. The second-order valence-electron chi connectivity index (χ2n) is 12.5. The number of hydrogen-bond donors (Lipinski definition) is 3. The fourth-order valence-electron chi connectivity index (χ4n) is 5.61. The topological polar surface area (TPSA) is 61.7 Å². The van der Waals surface area contributed by atoms with E-state index in [0.29, 0.717) is 12.3 Å². The summed E-state index contributed by atoms with van der Waals surface area (Å²) in [7, 11) is 0. The minimum Gasteiger partial charge on any atom is -0.508 e. The quantitative estimate of drug-likeness (QED) is 0.159. The van der Waals surface area contributed by atoms with Gasteiger partial charge in [0.15, 0.2) is 0 Å². The zero-order valence-electron chi connectivity index (χ0n) is 26.6. The molecule has 224 valence electrons. The predicted molar refractivity (Wildman–Crippen MR) is 173 cm³/mol. The summed E-state index contributed by atoms with van der Waals surface area (Å²) in [5.41, 5.74) is 9.38.